The van der Waals surface area contributed by atoms with Crippen molar-refractivity contribution in [2.24, 2.45) is 0 Å². The Bertz CT molecular complexity index is 284. The summed E-state index contributed by atoms with van der Waals surface area (Å²) < 4.78 is 0. The van der Waals surface area contributed by atoms with Crippen LogP contribution in [-0.2, 0) is 12.8 Å². The summed E-state index contributed by atoms with van der Waals surface area (Å²) in [6.45, 7) is 4.36. The van der Waals surface area contributed by atoms with Gasteiger partial charge in [0.15, 0.2) is 0 Å². The highest BCUT2D eigenvalue weighted by atomic mass is 32.1. The minimum absolute atomic E-state index is 0.557. The Balaban J connectivity index is 2.48. The van der Waals surface area contributed by atoms with Crippen molar-refractivity contribution in [2.45, 2.75) is 31.9 Å². The fourth-order valence-electron chi connectivity index (χ4n) is 1.90. The van der Waals surface area contributed by atoms with Crippen LogP contribution in [0.15, 0.2) is 12.1 Å². The van der Waals surface area contributed by atoms with Crippen LogP contribution in [-0.4, -0.2) is 5.25 Å². The average molecular weight is 178 g/mol. The van der Waals surface area contributed by atoms with E-state index < -0.39 is 0 Å². The van der Waals surface area contributed by atoms with Crippen LogP contribution in [0.1, 0.15) is 22.3 Å². The Morgan fingerprint density at radius 2 is 1.50 bits per heavy atom. The van der Waals surface area contributed by atoms with Crippen molar-refractivity contribution in [3.05, 3.63) is 34.4 Å². The van der Waals surface area contributed by atoms with Crippen molar-refractivity contribution in [3.8, 4) is 0 Å². The van der Waals surface area contributed by atoms with Gasteiger partial charge in [-0.25, -0.2) is 0 Å². The van der Waals surface area contributed by atoms with Gasteiger partial charge in [-0.15, -0.1) is 0 Å². The largest absolute Gasteiger partial charge is 0.175 e. The molecule has 0 heterocycles. The number of rotatable bonds is 0. The monoisotopic (exact) mass is 178 g/mol. The van der Waals surface area contributed by atoms with Crippen molar-refractivity contribution in [1.82, 2.24) is 0 Å². The summed E-state index contributed by atoms with van der Waals surface area (Å²) in [5.74, 6) is 0. The van der Waals surface area contributed by atoms with Gasteiger partial charge in [-0.2, -0.15) is 12.6 Å². The van der Waals surface area contributed by atoms with Crippen molar-refractivity contribution in [1.29, 1.82) is 0 Å². The van der Waals surface area contributed by atoms with E-state index in [-0.39, 0.29) is 0 Å². The van der Waals surface area contributed by atoms with Gasteiger partial charge in [0, 0.05) is 5.25 Å². The van der Waals surface area contributed by atoms with Crippen molar-refractivity contribution in [3.63, 3.8) is 0 Å². The van der Waals surface area contributed by atoms with E-state index in [0.29, 0.717) is 5.25 Å². The highest BCUT2D eigenvalue weighted by molar-refractivity contribution is 7.81. The van der Waals surface area contributed by atoms with E-state index in [1.165, 1.54) is 22.3 Å². The van der Waals surface area contributed by atoms with E-state index in [9.17, 15) is 0 Å². The molecule has 0 aliphatic heterocycles. The second-order valence-electron chi connectivity index (χ2n) is 3.77. The molecule has 0 spiro atoms. The number of aryl methyl sites for hydroxylation is 2. The molecule has 0 N–H and O–H groups in total. The normalized spacial score (nSPS) is 16.6. The quantitative estimate of drug-likeness (QED) is 0.580. The summed E-state index contributed by atoms with van der Waals surface area (Å²) in [5, 5.41) is 0.557. The Kier molecular flexibility index (Phi) is 1.91. The van der Waals surface area contributed by atoms with Gasteiger partial charge >= 0.3 is 0 Å². The Morgan fingerprint density at radius 3 is 1.92 bits per heavy atom. The van der Waals surface area contributed by atoms with Crippen LogP contribution in [0.5, 0.6) is 0 Å². The summed E-state index contributed by atoms with van der Waals surface area (Å²) >= 11 is 4.51. The Labute approximate surface area is 79.4 Å². The average Bonchev–Trinajstić information content (AvgIpc) is 2.30. The molecule has 2 rings (SSSR count). The second-order valence-corrected chi connectivity index (χ2v) is 4.50. The molecule has 0 radical (unpaired) electrons. The number of hydrogen-bond acceptors (Lipinski definition) is 1. The third-order valence-electron chi connectivity index (χ3n) is 2.73. The van der Waals surface area contributed by atoms with Gasteiger partial charge in [-0.3, -0.25) is 0 Å². The summed E-state index contributed by atoms with van der Waals surface area (Å²) in [6, 6.07) is 4.64. The molecule has 0 aromatic heterocycles. The molecule has 1 aliphatic rings. The lowest BCUT2D eigenvalue weighted by Crippen LogP contribution is -1.94. The van der Waals surface area contributed by atoms with Gasteiger partial charge in [0.2, 0.25) is 0 Å². The van der Waals surface area contributed by atoms with Gasteiger partial charge < -0.3 is 0 Å². The van der Waals surface area contributed by atoms with E-state index in [1.54, 1.807) is 0 Å². The molecule has 0 fully saturated rings. The molecule has 0 atom stereocenters. The molecule has 0 saturated heterocycles. The van der Waals surface area contributed by atoms with E-state index in [4.69, 9.17) is 0 Å². The minimum atomic E-state index is 0.557. The van der Waals surface area contributed by atoms with E-state index in [0.717, 1.165) is 12.8 Å². The van der Waals surface area contributed by atoms with Crippen molar-refractivity contribution in [2.75, 3.05) is 0 Å². The molecule has 1 heteroatoms. The van der Waals surface area contributed by atoms with E-state index >= 15 is 0 Å². The zero-order chi connectivity index (χ0) is 8.72. The molecule has 12 heavy (non-hydrogen) atoms. The number of fused-ring (bicyclic) bond motifs is 1. The molecule has 1 aromatic carbocycles. The molecule has 1 aliphatic carbocycles. The third kappa shape index (κ3) is 1.27. The minimum Gasteiger partial charge on any atom is -0.175 e. The standard InChI is InChI=1S/C11H14S/c1-7-3-9-5-11(12)6-10(9)4-8(7)2/h3-4,11-12H,5-6H2,1-2H3. The van der Waals surface area contributed by atoms with Crippen molar-refractivity contribution >= 4 is 12.6 Å². The molecule has 0 bridgehead atoms. The lowest BCUT2D eigenvalue weighted by molar-refractivity contribution is 0.943. The van der Waals surface area contributed by atoms with E-state index in [1.807, 2.05) is 0 Å². The molecule has 64 valence electrons. The van der Waals surface area contributed by atoms with Crippen LogP contribution in [0.3, 0.4) is 0 Å². The fraction of sp³-hybridized carbons (Fsp3) is 0.455. The first-order chi connectivity index (χ1) is 5.66. The number of thiol groups is 1. The van der Waals surface area contributed by atoms with Gasteiger partial charge in [0.05, 0.1) is 0 Å². The molecule has 0 amide bonds. The highest BCUT2D eigenvalue weighted by Crippen LogP contribution is 2.27. The maximum Gasteiger partial charge on any atom is 0.00978 e. The first-order valence-corrected chi connectivity index (χ1v) is 4.95. The van der Waals surface area contributed by atoms with Crippen LogP contribution >= 0.6 is 12.6 Å². The number of hydrogen-bond donors (Lipinski definition) is 1. The molecule has 0 saturated carbocycles. The SMILES string of the molecule is Cc1cc2c(cc1C)CC(S)C2. The van der Waals surface area contributed by atoms with Crippen LogP contribution in [0.25, 0.3) is 0 Å². The second kappa shape index (κ2) is 2.81. The first-order valence-electron chi connectivity index (χ1n) is 4.44. The fourth-order valence-corrected chi connectivity index (χ4v) is 2.29. The van der Waals surface area contributed by atoms with Gasteiger partial charge in [-0.1, -0.05) is 12.1 Å². The van der Waals surface area contributed by atoms with Crippen LogP contribution in [0.4, 0.5) is 0 Å². The molecule has 0 nitrogen and oxygen atoms in total. The Morgan fingerprint density at radius 1 is 1.08 bits per heavy atom. The van der Waals surface area contributed by atoms with Gasteiger partial charge in [-0.05, 0) is 48.9 Å². The van der Waals surface area contributed by atoms with Crippen LogP contribution in [0, 0.1) is 13.8 Å². The smallest absolute Gasteiger partial charge is 0.00978 e. The molecular weight excluding hydrogens is 164 g/mol. The maximum absolute atomic E-state index is 4.51. The van der Waals surface area contributed by atoms with Crippen LogP contribution < -0.4 is 0 Å². The topological polar surface area (TPSA) is 0 Å². The lowest BCUT2D eigenvalue weighted by Gasteiger charge is -2.03. The lowest BCUT2D eigenvalue weighted by atomic mass is 10.0. The molecular formula is C11H14S. The molecule has 1 aromatic rings. The summed E-state index contributed by atoms with van der Waals surface area (Å²) in [4.78, 5) is 0. The maximum atomic E-state index is 4.51. The summed E-state index contributed by atoms with van der Waals surface area (Å²) in [7, 11) is 0. The summed E-state index contributed by atoms with van der Waals surface area (Å²) in [6.07, 6.45) is 2.30. The predicted molar refractivity (Wildman–Crippen MR) is 56.1 cm³/mol. The highest BCUT2D eigenvalue weighted by Gasteiger charge is 2.18. The zero-order valence-electron chi connectivity index (χ0n) is 7.59. The predicted octanol–water partition coefficient (Wildman–Crippen LogP) is 2.70. The third-order valence-corrected chi connectivity index (χ3v) is 3.09. The van der Waals surface area contributed by atoms with E-state index in [2.05, 4.69) is 38.6 Å². The van der Waals surface area contributed by atoms with Crippen molar-refractivity contribution < 1.29 is 0 Å². The zero-order valence-corrected chi connectivity index (χ0v) is 8.49. The number of benzene rings is 1. The summed E-state index contributed by atoms with van der Waals surface area (Å²) in [5.41, 5.74) is 5.85. The molecule has 0 unspecified atom stereocenters. The van der Waals surface area contributed by atoms with Gasteiger partial charge in [0.25, 0.3) is 0 Å². The van der Waals surface area contributed by atoms with Gasteiger partial charge in [0.1, 0.15) is 0 Å². The Hall–Kier alpha value is -0.430. The first kappa shape index (κ1) is 8.18. The van der Waals surface area contributed by atoms with Crippen LogP contribution in [0.2, 0.25) is 0 Å².